The minimum atomic E-state index is 1.06. The normalized spacial score (nSPS) is 11.1. The highest BCUT2D eigenvalue weighted by Gasteiger charge is 2.09. The quantitative estimate of drug-likeness (QED) is 0.606. The zero-order chi connectivity index (χ0) is 9.59. The lowest BCUT2D eigenvalue weighted by molar-refractivity contribution is 0.966. The lowest BCUT2D eigenvalue weighted by Crippen LogP contribution is -1.86. The van der Waals surface area contributed by atoms with Crippen molar-refractivity contribution in [2.45, 2.75) is 0 Å². The smallest absolute Gasteiger partial charge is 0.0645 e. The second-order valence-corrected chi connectivity index (χ2v) is 5.34. The molecule has 1 aromatic heterocycles. The molecule has 1 aromatic carbocycles. The van der Waals surface area contributed by atoms with Crippen molar-refractivity contribution >= 4 is 58.7 Å². The SMILES string of the molecule is Cn1ccc2c(Br)cc(Br)c(Br)c21. The highest BCUT2D eigenvalue weighted by atomic mass is 79.9. The van der Waals surface area contributed by atoms with Crippen molar-refractivity contribution in [2.24, 2.45) is 7.05 Å². The van der Waals surface area contributed by atoms with E-state index in [1.165, 1.54) is 10.9 Å². The van der Waals surface area contributed by atoms with Crippen LogP contribution in [0.5, 0.6) is 0 Å². The van der Waals surface area contributed by atoms with Gasteiger partial charge in [-0.15, -0.1) is 0 Å². The molecule has 0 spiro atoms. The van der Waals surface area contributed by atoms with Crippen LogP contribution in [-0.4, -0.2) is 4.57 Å². The molecule has 0 amide bonds. The summed E-state index contributed by atoms with van der Waals surface area (Å²) in [5.41, 5.74) is 1.20. The van der Waals surface area contributed by atoms with E-state index in [4.69, 9.17) is 0 Å². The number of rotatable bonds is 0. The maximum Gasteiger partial charge on any atom is 0.0645 e. The van der Waals surface area contributed by atoms with E-state index in [9.17, 15) is 0 Å². The molecule has 0 fully saturated rings. The lowest BCUT2D eigenvalue weighted by atomic mass is 10.2. The molecular formula is C9H6Br3N. The van der Waals surface area contributed by atoms with Crippen molar-refractivity contribution in [2.75, 3.05) is 0 Å². The van der Waals surface area contributed by atoms with Gasteiger partial charge in [-0.1, -0.05) is 15.9 Å². The van der Waals surface area contributed by atoms with E-state index < -0.39 is 0 Å². The van der Waals surface area contributed by atoms with Gasteiger partial charge in [-0.2, -0.15) is 0 Å². The van der Waals surface area contributed by atoms with Gasteiger partial charge in [0.05, 0.1) is 9.99 Å². The number of nitrogens with zero attached hydrogens (tertiary/aromatic N) is 1. The molecular weight excluding hydrogens is 362 g/mol. The van der Waals surface area contributed by atoms with E-state index >= 15 is 0 Å². The molecule has 0 atom stereocenters. The number of fused-ring (bicyclic) bond motifs is 1. The van der Waals surface area contributed by atoms with Gasteiger partial charge in [-0.25, -0.2) is 0 Å². The second kappa shape index (κ2) is 3.41. The molecule has 0 aliphatic carbocycles. The minimum Gasteiger partial charge on any atom is -0.350 e. The average molecular weight is 368 g/mol. The van der Waals surface area contributed by atoms with E-state index in [-0.39, 0.29) is 0 Å². The highest BCUT2D eigenvalue weighted by molar-refractivity contribution is 9.13. The topological polar surface area (TPSA) is 4.93 Å². The van der Waals surface area contributed by atoms with Crippen LogP contribution in [-0.2, 0) is 7.05 Å². The van der Waals surface area contributed by atoms with Crippen LogP contribution in [0.3, 0.4) is 0 Å². The predicted molar refractivity (Wildman–Crippen MR) is 66.0 cm³/mol. The molecule has 4 heteroatoms. The largest absolute Gasteiger partial charge is 0.350 e. The average Bonchev–Trinajstić information content (AvgIpc) is 2.44. The first-order chi connectivity index (χ1) is 6.11. The molecule has 0 bridgehead atoms. The Morgan fingerprint density at radius 3 is 2.54 bits per heavy atom. The Hall–Kier alpha value is 0.200. The standard InChI is InChI=1S/C9H6Br3N/c1-13-3-2-5-6(10)4-7(11)8(12)9(5)13/h2-4H,1H3. The molecule has 2 aromatic rings. The summed E-state index contributed by atoms with van der Waals surface area (Å²) in [6.07, 6.45) is 2.05. The number of halogens is 3. The zero-order valence-electron chi connectivity index (χ0n) is 6.81. The number of hydrogen-bond acceptors (Lipinski definition) is 0. The van der Waals surface area contributed by atoms with E-state index in [1.54, 1.807) is 0 Å². The van der Waals surface area contributed by atoms with Crippen molar-refractivity contribution in [3.05, 3.63) is 31.7 Å². The molecule has 2 rings (SSSR count). The highest BCUT2D eigenvalue weighted by Crippen LogP contribution is 2.36. The van der Waals surface area contributed by atoms with E-state index in [1.807, 2.05) is 19.3 Å². The van der Waals surface area contributed by atoms with Crippen LogP contribution in [0, 0.1) is 0 Å². The maximum atomic E-state index is 3.56. The van der Waals surface area contributed by atoms with Crippen LogP contribution in [0.2, 0.25) is 0 Å². The van der Waals surface area contributed by atoms with E-state index in [0.717, 1.165) is 13.4 Å². The summed E-state index contributed by atoms with van der Waals surface area (Å²) >= 11 is 10.6. The van der Waals surface area contributed by atoms with Gasteiger partial charge in [0, 0.05) is 27.6 Å². The molecule has 13 heavy (non-hydrogen) atoms. The summed E-state index contributed by atoms with van der Waals surface area (Å²) < 4.78 is 5.36. The van der Waals surface area contributed by atoms with Gasteiger partial charge in [0.2, 0.25) is 0 Å². The van der Waals surface area contributed by atoms with Crippen LogP contribution in [0.4, 0.5) is 0 Å². The molecule has 0 saturated carbocycles. The van der Waals surface area contributed by atoms with Crippen molar-refractivity contribution in [1.29, 1.82) is 0 Å². The van der Waals surface area contributed by atoms with Gasteiger partial charge in [-0.3, -0.25) is 0 Å². The zero-order valence-corrected chi connectivity index (χ0v) is 11.6. The van der Waals surface area contributed by atoms with Crippen LogP contribution in [0.15, 0.2) is 31.7 Å². The molecule has 0 unspecified atom stereocenters. The Bertz CT molecular complexity index is 473. The molecule has 0 N–H and O–H groups in total. The Balaban J connectivity index is 3.00. The molecule has 1 heterocycles. The Morgan fingerprint density at radius 2 is 1.85 bits per heavy atom. The van der Waals surface area contributed by atoms with Crippen LogP contribution in [0.1, 0.15) is 0 Å². The Kier molecular flexibility index (Phi) is 2.55. The Morgan fingerprint density at radius 1 is 1.15 bits per heavy atom. The molecule has 0 aliphatic rings. The van der Waals surface area contributed by atoms with Gasteiger partial charge in [0.1, 0.15) is 0 Å². The second-order valence-electron chi connectivity index (χ2n) is 2.84. The van der Waals surface area contributed by atoms with Gasteiger partial charge in [0.15, 0.2) is 0 Å². The molecule has 1 nitrogen and oxygen atoms in total. The number of hydrogen-bond donors (Lipinski definition) is 0. The summed E-state index contributed by atoms with van der Waals surface area (Å²) in [7, 11) is 2.03. The van der Waals surface area contributed by atoms with Crippen LogP contribution < -0.4 is 0 Å². The number of aromatic nitrogens is 1. The fourth-order valence-corrected chi connectivity index (χ4v) is 3.24. The van der Waals surface area contributed by atoms with Crippen molar-refractivity contribution in [3.8, 4) is 0 Å². The molecule has 0 saturated heterocycles. The molecule has 68 valence electrons. The van der Waals surface area contributed by atoms with Crippen molar-refractivity contribution in [3.63, 3.8) is 0 Å². The third-order valence-corrected chi connectivity index (χ3v) is 4.62. The van der Waals surface area contributed by atoms with E-state index in [0.29, 0.717) is 0 Å². The van der Waals surface area contributed by atoms with Crippen LogP contribution in [0.25, 0.3) is 10.9 Å². The van der Waals surface area contributed by atoms with Gasteiger partial charge < -0.3 is 4.57 Å². The van der Waals surface area contributed by atoms with E-state index in [2.05, 4.69) is 58.4 Å². The number of aryl methyl sites for hydroxylation is 1. The first-order valence-corrected chi connectivity index (χ1v) is 6.07. The predicted octanol–water partition coefficient (Wildman–Crippen LogP) is 4.47. The monoisotopic (exact) mass is 365 g/mol. The summed E-state index contributed by atoms with van der Waals surface area (Å²) in [4.78, 5) is 0. The molecule has 0 aliphatic heterocycles. The first kappa shape index (κ1) is 9.74. The van der Waals surface area contributed by atoms with Crippen LogP contribution >= 0.6 is 47.8 Å². The fourth-order valence-electron chi connectivity index (χ4n) is 1.36. The third kappa shape index (κ3) is 1.49. The maximum absolute atomic E-state index is 3.56. The first-order valence-electron chi connectivity index (χ1n) is 3.70. The van der Waals surface area contributed by atoms with Gasteiger partial charge in [-0.05, 0) is 44.0 Å². The Labute approximate surface area is 101 Å². The summed E-state index contributed by atoms with van der Waals surface area (Å²) in [5, 5.41) is 1.22. The summed E-state index contributed by atoms with van der Waals surface area (Å²) in [6.45, 7) is 0. The summed E-state index contributed by atoms with van der Waals surface area (Å²) in [6, 6.07) is 4.14. The molecule has 0 radical (unpaired) electrons. The van der Waals surface area contributed by atoms with Gasteiger partial charge >= 0.3 is 0 Å². The lowest BCUT2D eigenvalue weighted by Gasteiger charge is -2.03. The summed E-state index contributed by atoms with van der Waals surface area (Å²) in [5.74, 6) is 0. The van der Waals surface area contributed by atoms with Crippen molar-refractivity contribution < 1.29 is 0 Å². The number of benzene rings is 1. The van der Waals surface area contributed by atoms with Crippen molar-refractivity contribution in [1.82, 2.24) is 4.57 Å². The minimum absolute atomic E-state index is 1.06. The van der Waals surface area contributed by atoms with Gasteiger partial charge in [0.25, 0.3) is 0 Å². The third-order valence-electron chi connectivity index (χ3n) is 2.00. The fraction of sp³-hybridized carbons (Fsp3) is 0.111.